The van der Waals surface area contributed by atoms with Crippen molar-refractivity contribution < 1.29 is 22.7 Å². The molecule has 0 saturated carbocycles. The predicted octanol–water partition coefficient (Wildman–Crippen LogP) is 0.591. The Morgan fingerprint density at radius 2 is 2.17 bits per heavy atom. The van der Waals surface area contributed by atoms with Crippen LogP contribution in [0.15, 0.2) is 16.7 Å². The molecule has 1 atom stereocenters. The van der Waals surface area contributed by atoms with Gasteiger partial charge < -0.3 is 14.8 Å². The lowest BCUT2D eigenvalue weighted by molar-refractivity contribution is -0.127. The molecule has 0 radical (unpaired) electrons. The third kappa shape index (κ3) is 3.50. The third-order valence-corrected chi connectivity index (χ3v) is 6.39. The number of amides is 1. The molecule has 0 bridgehead atoms. The van der Waals surface area contributed by atoms with Crippen LogP contribution in [0.4, 0.5) is 0 Å². The molecule has 1 aliphatic carbocycles. The highest BCUT2D eigenvalue weighted by Gasteiger charge is 2.37. The fourth-order valence-electron chi connectivity index (χ4n) is 3.64. The Kier molecular flexibility index (Phi) is 4.72. The number of fused-ring (bicyclic) bond motifs is 1. The minimum atomic E-state index is -3.19. The van der Waals surface area contributed by atoms with Gasteiger partial charge in [0, 0.05) is 31.0 Å². The van der Waals surface area contributed by atoms with Crippen LogP contribution in [-0.2, 0) is 26.8 Å². The summed E-state index contributed by atoms with van der Waals surface area (Å²) in [6.07, 6.45) is 6.00. The number of nitrogens with one attached hydrogen (secondary N) is 1. The molecule has 3 rings (SSSR count). The number of sulfonamides is 1. The Morgan fingerprint density at radius 3 is 2.83 bits per heavy atom. The highest BCUT2D eigenvalue weighted by molar-refractivity contribution is 7.88. The van der Waals surface area contributed by atoms with Crippen molar-refractivity contribution in [3.8, 4) is 0 Å². The smallest absolute Gasteiger partial charge is 0.223 e. The van der Waals surface area contributed by atoms with E-state index in [9.17, 15) is 18.3 Å². The van der Waals surface area contributed by atoms with Crippen LogP contribution in [0.2, 0.25) is 0 Å². The lowest BCUT2D eigenvalue weighted by atomic mass is 9.82. The first-order chi connectivity index (χ1) is 11.3. The lowest BCUT2D eigenvalue weighted by Crippen LogP contribution is -2.47. The molecule has 7 nitrogen and oxygen atoms in total. The summed E-state index contributed by atoms with van der Waals surface area (Å²) in [6, 6.07) is 1.77. The van der Waals surface area contributed by atoms with Gasteiger partial charge in [-0.15, -0.1) is 0 Å². The van der Waals surface area contributed by atoms with Crippen molar-refractivity contribution in [1.29, 1.82) is 0 Å². The molecule has 1 aliphatic heterocycles. The van der Waals surface area contributed by atoms with E-state index >= 15 is 0 Å². The van der Waals surface area contributed by atoms with Crippen molar-refractivity contribution in [3.63, 3.8) is 0 Å². The van der Waals surface area contributed by atoms with E-state index in [-0.39, 0.29) is 18.4 Å². The van der Waals surface area contributed by atoms with Crippen molar-refractivity contribution in [3.05, 3.63) is 23.7 Å². The van der Waals surface area contributed by atoms with Crippen LogP contribution >= 0.6 is 0 Å². The van der Waals surface area contributed by atoms with E-state index in [0.29, 0.717) is 32.4 Å². The molecule has 2 heterocycles. The average Bonchev–Trinajstić information content (AvgIpc) is 3.02. The molecule has 1 saturated heterocycles. The average molecular weight is 356 g/mol. The SMILES string of the molecule is CS(=O)(=O)N1CCC(C(=O)NCC2(O)CCCc3occc32)CC1. The molecule has 0 spiro atoms. The summed E-state index contributed by atoms with van der Waals surface area (Å²) in [7, 11) is -3.19. The highest BCUT2D eigenvalue weighted by Crippen LogP contribution is 2.35. The van der Waals surface area contributed by atoms with Gasteiger partial charge in [0.05, 0.1) is 19.1 Å². The molecule has 1 fully saturated rings. The van der Waals surface area contributed by atoms with Crippen molar-refractivity contribution in [2.75, 3.05) is 25.9 Å². The summed E-state index contributed by atoms with van der Waals surface area (Å²) in [5, 5.41) is 13.7. The molecule has 24 heavy (non-hydrogen) atoms. The number of rotatable bonds is 4. The van der Waals surface area contributed by atoms with Crippen molar-refractivity contribution in [2.45, 2.75) is 37.7 Å². The second kappa shape index (κ2) is 6.50. The van der Waals surface area contributed by atoms with Crippen molar-refractivity contribution >= 4 is 15.9 Å². The van der Waals surface area contributed by atoms with E-state index in [0.717, 1.165) is 24.2 Å². The third-order valence-electron chi connectivity index (χ3n) is 5.09. The summed E-state index contributed by atoms with van der Waals surface area (Å²) in [4.78, 5) is 12.4. The molecule has 1 amide bonds. The monoisotopic (exact) mass is 356 g/mol. The largest absolute Gasteiger partial charge is 0.469 e. The van der Waals surface area contributed by atoms with E-state index in [1.54, 1.807) is 12.3 Å². The van der Waals surface area contributed by atoms with Gasteiger partial charge in [-0.1, -0.05) is 0 Å². The van der Waals surface area contributed by atoms with Gasteiger partial charge in [0.1, 0.15) is 11.4 Å². The minimum Gasteiger partial charge on any atom is -0.469 e. The first-order valence-electron chi connectivity index (χ1n) is 8.32. The minimum absolute atomic E-state index is 0.118. The first-order valence-corrected chi connectivity index (χ1v) is 10.2. The van der Waals surface area contributed by atoms with E-state index in [2.05, 4.69) is 5.32 Å². The van der Waals surface area contributed by atoms with Gasteiger partial charge in [-0.25, -0.2) is 12.7 Å². The fourth-order valence-corrected chi connectivity index (χ4v) is 4.51. The summed E-state index contributed by atoms with van der Waals surface area (Å²) in [5.41, 5.74) is -0.315. The number of furan rings is 1. The zero-order chi connectivity index (χ0) is 17.4. The van der Waals surface area contributed by atoms with Crippen LogP contribution in [0.25, 0.3) is 0 Å². The van der Waals surface area contributed by atoms with Crippen LogP contribution < -0.4 is 5.32 Å². The number of hydrogen-bond donors (Lipinski definition) is 2. The molecular weight excluding hydrogens is 332 g/mol. The quantitative estimate of drug-likeness (QED) is 0.822. The first kappa shape index (κ1) is 17.4. The second-order valence-corrected chi connectivity index (χ2v) is 8.78. The van der Waals surface area contributed by atoms with E-state index in [1.165, 1.54) is 10.6 Å². The van der Waals surface area contributed by atoms with E-state index < -0.39 is 15.6 Å². The maximum atomic E-state index is 12.4. The molecule has 1 unspecified atom stereocenters. The summed E-state index contributed by atoms with van der Waals surface area (Å²) >= 11 is 0. The van der Waals surface area contributed by atoms with E-state index in [4.69, 9.17) is 4.42 Å². The number of nitrogens with zero attached hydrogens (tertiary/aromatic N) is 1. The number of aryl methyl sites for hydroxylation is 1. The van der Waals surface area contributed by atoms with Crippen LogP contribution in [-0.4, -0.2) is 49.6 Å². The van der Waals surface area contributed by atoms with Gasteiger partial charge in [-0.3, -0.25) is 4.79 Å². The number of aliphatic hydroxyl groups is 1. The van der Waals surface area contributed by atoms with Crippen LogP contribution in [0.5, 0.6) is 0 Å². The predicted molar refractivity (Wildman–Crippen MR) is 87.7 cm³/mol. The van der Waals surface area contributed by atoms with Gasteiger partial charge in [-0.05, 0) is 31.7 Å². The molecule has 2 N–H and O–H groups in total. The van der Waals surface area contributed by atoms with Gasteiger partial charge >= 0.3 is 0 Å². The van der Waals surface area contributed by atoms with Crippen LogP contribution in [0.3, 0.4) is 0 Å². The molecular formula is C16H24N2O5S. The number of piperidine rings is 1. The molecule has 2 aliphatic rings. The van der Waals surface area contributed by atoms with Gasteiger partial charge in [0.2, 0.25) is 15.9 Å². The maximum Gasteiger partial charge on any atom is 0.223 e. The Hall–Kier alpha value is -1.38. The highest BCUT2D eigenvalue weighted by atomic mass is 32.2. The van der Waals surface area contributed by atoms with Gasteiger partial charge in [-0.2, -0.15) is 0 Å². The molecule has 0 aromatic carbocycles. The molecule has 134 valence electrons. The lowest BCUT2D eigenvalue weighted by Gasteiger charge is -2.33. The van der Waals surface area contributed by atoms with Crippen molar-refractivity contribution in [2.24, 2.45) is 5.92 Å². The summed E-state index contributed by atoms with van der Waals surface area (Å²) in [5.74, 6) is 0.464. The van der Waals surface area contributed by atoms with Crippen LogP contribution in [0.1, 0.15) is 37.0 Å². The standard InChI is InChI=1S/C16H24N2O5S/c1-24(21,22)18-8-4-12(5-9-18)15(19)17-11-16(20)7-2-3-14-13(16)6-10-23-14/h6,10,12,20H,2-5,7-9,11H2,1H3,(H,17,19). The van der Waals surface area contributed by atoms with Gasteiger partial charge in [0.15, 0.2) is 0 Å². The van der Waals surface area contributed by atoms with E-state index in [1.807, 2.05) is 0 Å². The van der Waals surface area contributed by atoms with Crippen molar-refractivity contribution in [1.82, 2.24) is 9.62 Å². The fraction of sp³-hybridized carbons (Fsp3) is 0.688. The van der Waals surface area contributed by atoms with Crippen LogP contribution in [0, 0.1) is 5.92 Å². The molecule has 1 aromatic rings. The summed E-state index contributed by atoms with van der Waals surface area (Å²) < 4.78 is 29.8. The number of hydrogen-bond acceptors (Lipinski definition) is 5. The zero-order valence-corrected chi connectivity index (χ0v) is 14.6. The number of carbonyl (C=O) groups excluding carboxylic acids is 1. The molecule has 8 heteroatoms. The van der Waals surface area contributed by atoms with Gasteiger partial charge in [0.25, 0.3) is 0 Å². The normalized spacial score (nSPS) is 26.1. The zero-order valence-electron chi connectivity index (χ0n) is 13.8. The summed E-state index contributed by atoms with van der Waals surface area (Å²) in [6.45, 7) is 0.894. The molecule has 1 aromatic heterocycles. The Bertz CT molecular complexity index is 706. The number of carbonyl (C=O) groups is 1. The Labute approximate surface area is 142 Å². The Morgan fingerprint density at radius 1 is 1.46 bits per heavy atom. The topological polar surface area (TPSA) is 99.9 Å². The second-order valence-electron chi connectivity index (χ2n) is 6.80. The Balaban J connectivity index is 1.56. The maximum absolute atomic E-state index is 12.4.